The zero-order valence-electron chi connectivity index (χ0n) is 13.1. The molecule has 1 aliphatic rings. The van der Waals surface area contributed by atoms with E-state index in [2.05, 4.69) is 0 Å². The number of hydrogen-bond donors (Lipinski definition) is 0. The van der Waals surface area contributed by atoms with Crippen molar-refractivity contribution >= 4 is 7.60 Å². The van der Waals surface area contributed by atoms with Gasteiger partial charge in [-0.05, 0) is 61.3 Å². The quantitative estimate of drug-likeness (QED) is 0.719. The van der Waals surface area contributed by atoms with Crippen LogP contribution >= 0.6 is 7.60 Å². The summed E-state index contributed by atoms with van der Waals surface area (Å²) < 4.78 is 24.4. The molecule has 0 aromatic rings. The van der Waals surface area contributed by atoms with E-state index in [-0.39, 0.29) is 12.2 Å². The van der Waals surface area contributed by atoms with E-state index < -0.39 is 18.4 Å². The van der Waals surface area contributed by atoms with Crippen LogP contribution in [0.2, 0.25) is 0 Å². The summed E-state index contributed by atoms with van der Waals surface area (Å²) in [7, 11) is -3.51. The highest BCUT2D eigenvalue weighted by Crippen LogP contribution is 2.67. The SMILES string of the molecule is CC(C)OP(=O)(OC(C)C)[C@]1(C)CCC(C)(C)N1[O]. The van der Waals surface area contributed by atoms with Gasteiger partial charge in [0.15, 0.2) is 0 Å². The molecule has 1 rings (SSSR count). The summed E-state index contributed by atoms with van der Waals surface area (Å²) in [5, 5.41) is 12.4. The van der Waals surface area contributed by atoms with E-state index >= 15 is 0 Å². The van der Waals surface area contributed by atoms with Crippen LogP contribution < -0.4 is 0 Å². The van der Waals surface area contributed by atoms with Crippen molar-refractivity contribution in [1.82, 2.24) is 5.06 Å². The van der Waals surface area contributed by atoms with Crippen molar-refractivity contribution in [3.63, 3.8) is 0 Å². The second-order valence-electron chi connectivity index (χ2n) is 6.63. The molecule has 0 aliphatic carbocycles. The van der Waals surface area contributed by atoms with Crippen molar-refractivity contribution < 1.29 is 18.8 Å². The lowest BCUT2D eigenvalue weighted by Crippen LogP contribution is -2.47. The fourth-order valence-electron chi connectivity index (χ4n) is 2.45. The van der Waals surface area contributed by atoms with E-state index in [1.54, 1.807) is 34.6 Å². The third-order valence-corrected chi connectivity index (χ3v) is 6.47. The van der Waals surface area contributed by atoms with Crippen LogP contribution in [0.1, 0.15) is 61.3 Å². The van der Waals surface area contributed by atoms with Crippen LogP contribution in [0.4, 0.5) is 0 Å². The monoisotopic (exact) mass is 292 g/mol. The first kappa shape index (κ1) is 17.1. The lowest BCUT2D eigenvalue weighted by molar-refractivity contribution is -0.232. The maximum Gasteiger partial charge on any atom is 0.353 e. The molecule has 1 atom stereocenters. The summed E-state index contributed by atoms with van der Waals surface area (Å²) >= 11 is 0. The lowest BCUT2D eigenvalue weighted by Gasteiger charge is -2.40. The number of hydroxylamine groups is 2. The van der Waals surface area contributed by atoms with Crippen LogP contribution in [0.15, 0.2) is 0 Å². The molecule has 1 heterocycles. The van der Waals surface area contributed by atoms with E-state index in [1.165, 1.54) is 0 Å². The molecular weight excluding hydrogens is 265 g/mol. The smallest absolute Gasteiger partial charge is 0.304 e. The van der Waals surface area contributed by atoms with Gasteiger partial charge in [-0.15, -0.1) is 10.3 Å². The number of hydrogen-bond acceptors (Lipinski definition) is 4. The van der Waals surface area contributed by atoms with Crippen molar-refractivity contribution in [3.05, 3.63) is 0 Å². The Balaban J connectivity index is 3.14. The minimum absolute atomic E-state index is 0.251. The van der Waals surface area contributed by atoms with Crippen LogP contribution in [0.25, 0.3) is 0 Å². The predicted molar refractivity (Wildman–Crippen MR) is 74.3 cm³/mol. The van der Waals surface area contributed by atoms with Crippen molar-refractivity contribution in [2.24, 2.45) is 0 Å². The van der Waals surface area contributed by atoms with E-state index in [1.807, 2.05) is 13.8 Å². The highest BCUT2D eigenvalue weighted by atomic mass is 31.2. The number of nitrogens with zero attached hydrogens (tertiary/aromatic N) is 1. The Hall–Kier alpha value is 0.0700. The van der Waals surface area contributed by atoms with Crippen LogP contribution in [-0.2, 0) is 18.8 Å². The molecule has 19 heavy (non-hydrogen) atoms. The molecule has 0 aromatic heterocycles. The Bertz CT molecular complexity index is 356. The van der Waals surface area contributed by atoms with Gasteiger partial charge in [-0.25, -0.2) is 0 Å². The highest BCUT2D eigenvalue weighted by Gasteiger charge is 2.61. The second kappa shape index (κ2) is 5.45. The third-order valence-electron chi connectivity index (χ3n) is 3.49. The summed E-state index contributed by atoms with van der Waals surface area (Å²) in [5.74, 6) is 0. The molecule has 1 aliphatic heterocycles. The molecule has 0 bridgehead atoms. The summed E-state index contributed by atoms with van der Waals surface area (Å²) in [4.78, 5) is 0. The minimum Gasteiger partial charge on any atom is -0.304 e. The third kappa shape index (κ3) is 3.22. The molecule has 113 valence electrons. The Kier molecular flexibility index (Phi) is 4.92. The van der Waals surface area contributed by atoms with Crippen LogP contribution in [-0.4, -0.2) is 28.1 Å². The van der Waals surface area contributed by atoms with Crippen LogP contribution in [0.3, 0.4) is 0 Å². The zero-order valence-corrected chi connectivity index (χ0v) is 14.0. The normalized spacial score (nSPS) is 28.5. The zero-order chi connectivity index (χ0) is 15.1. The van der Waals surface area contributed by atoms with Gasteiger partial charge in [0.25, 0.3) is 0 Å². The van der Waals surface area contributed by atoms with Gasteiger partial charge in [0.1, 0.15) is 5.28 Å². The first-order valence-electron chi connectivity index (χ1n) is 6.89. The van der Waals surface area contributed by atoms with Crippen LogP contribution in [0.5, 0.6) is 0 Å². The van der Waals surface area contributed by atoms with E-state index in [0.717, 1.165) is 5.06 Å². The summed E-state index contributed by atoms with van der Waals surface area (Å²) in [6, 6.07) is 0. The van der Waals surface area contributed by atoms with Gasteiger partial charge in [0.05, 0.1) is 12.2 Å². The first-order valence-corrected chi connectivity index (χ1v) is 8.43. The topological polar surface area (TPSA) is 58.7 Å². The molecule has 0 aromatic carbocycles. The van der Waals surface area contributed by atoms with Crippen molar-refractivity contribution in [1.29, 1.82) is 0 Å². The molecule has 1 saturated heterocycles. The molecule has 0 saturated carbocycles. The molecule has 0 N–H and O–H groups in total. The number of rotatable bonds is 5. The van der Waals surface area contributed by atoms with Gasteiger partial charge in [-0.1, -0.05) is 0 Å². The Morgan fingerprint density at radius 3 is 1.68 bits per heavy atom. The molecule has 1 radical (unpaired) electrons. The standard InChI is InChI=1S/C13H27NO4P/c1-10(2)17-19(16,18-11(3)4)13(7)9-8-12(5,6)14(13)15/h10-11H,8-9H2,1-7H3/t13-/m1/s1. The fourth-order valence-corrected chi connectivity index (χ4v) is 4.95. The van der Waals surface area contributed by atoms with Gasteiger partial charge in [-0.2, -0.15) is 0 Å². The largest absolute Gasteiger partial charge is 0.353 e. The van der Waals surface area contributed by atoms with Gasteiger partial charge in [0, 0.05) is 5.54 Å². The molecule has 5 nitrogen and oxygen atoms in total. The van der Waals surface area contributed by atoms with Crippen molar-refractivity contribution in [2.75, 3.05) is 0 Å². The Morgan fingerprint density at radius 2 is 1.42 bits per heavy atom. The highest BCUT2D eigenvalue weighted by molar-refractivity contribution is 7.55. The lowest BCUT2D eigenvalue weighted by atomic mass is 10.0. The predicted octanol–water partition coefficient (Wildman–Crippen LogP) is 3.97. The van der Waals surface area contributed by atoms with E-state index in [9.17, 15) is 9.77 Å². The molecule has 0 amide bonds. The summed E-state index contributed by atoms with van der Waals surface area (Å²) in [5.41, 5.74) is -0.537. The Labute approximate surface area is 116 Å². The van der Waals surface area contributed by atoms with Crippen LogP contribution in [0, 0.1) is 0 Å². The van der Waals surface area contributed by atoms with E-state index in [0.29, 0.717) is 12.8 Å². The van der Waals surface area contributed by atoms with Gasteiger partial charge in [-0.3, -0.25) is 4.57 Å². The van der Waals surface area contributed by atoms with Gasteiger partial charge in [0.2, 0.25) is 0 Å². The molecule has 1 fully saturated rings. The van der Waals surface area contributed by atoms with Gasteiger partial charge >= 0.3 is 7.60 Å². The maximum atomic E-state index is 13.2. The molecule has 0 unspecified atom stereocenters. The molecule has 0 spiro atoms. The maximum absolute atomic E-state index is 13.2. The first-order chi connectivity index (χ1) is 8.44. The summed E-state index contributed by atoms with van der Waals surface area (Å²) in [6.07, 6.45) is 0.692. The molecular formula is C13H27NO4P. The Morgan fingerprint density at radius 1 is 1.00 bits per heavy atom. The minimum atomic E-state index is -3.51. The average molecular weight is 292 g/mol. The average Bonchev–Trinajstić information content (AvgIpc) is 2.41. The van der Waals surface area contributed by atoms with Gasteiger partial charge < -0.3 is 9.05 Å². The summed E-state index contributed by atoms with van der Waals surface area (Å²) in [6.45, 7) is 12.6. The van der Waals surface area contributed by atoms with Crippen molar-refractivity contribution in [2.45, 2.75) is 84.3 Å². The fraction of sp³-hybridized carbons (Fsp3) is 1.00. The second-order valence-corrected chi connectivity index (χ2v) is 9.01. The van der Waals surface area contributed by atoms with Crippen molar-refractivity contribution in [3.8, 4) is 0 Å². The molecule has 6 heteroatoms. The van der Waals surface area contributed by atoms with E-state index in [4.69, 9.17) is 9.05 Å².